The van der Waals surface area contributed by atoms with Crippen LogP contribution in [0, 0.1) is 0 Å². The summed E-state index contributed by atoms with van der Waals surface area (Å²) in [5.41, 5.74) is 3.45. The molecule has 0 saturated carbocycles. The summed E-state index contributed by atoms with van der Waals surface area (Å²) in [5.74, 6) is -1.49. The highest BCUT2D eigenvalue weighted by atomic mass is 16.4. The van der Waals surface area contributed by atoms with Crippen molar-refractivity contribution in [3.05, 3.63) is 84.4 Å². The number of aromatic nitrogens is 1. The molecule has 0 fully saturated rings. The number of rotatable bonds is 3. The van der Waals surface area contributed by atoms with Crippen LogP contribution in [0.1, 0.15) is 10.4 Å². The Morgan fingerprint density at radius 1 is 0.731 bits per heavy atom. The van der Waals surface area contributed by atoms with Crippen molar-refractivity contribution in [2.45, 2.75) is 0 Å². The van der Waals surface area contributed by atoms with Crippen molar-refractivity contribution in [3.63, 3.8) is 0 Å². The molecule has 1 aromatic heterocycles. The highest BCUT2D eigenvalue weighted by Crippen LogP contribution is 2.36. The zero-order valence-electron chi connectivity index (χ0n) is 13.8. The lowest BCUT2D eigenvalue weighted by Crippen LogP contribution is -2.01. The first kappa shape index (κ1) is 15.8. The summed E-state index contributed by atoms with van der Waals surface area (Å²) >= 11 is 0. The molecule has 0 bridgehead atoms. The minimum absolute atomic E-state index is 0.127. The van der Waals surface area contributed by atoms with Crippen LogP contribution in [0.25, 0.3) is 33.3 Å². The molecule has 0 unspecified atom stereocenters. The summed E-state index contributed by atoms with van der Waals surface area (Å²) in [4.78, 5) is 16.1. The van der Waals surface area contributed by atoms with Gasteiger partial charge in [0.05, 0.1) is 5.52 Å². The summed E-state index contributed by atoms with van der Waals surface area (Å²) in [6.45, 7) is 0. The van der Waals surface area contributed by atoms with Gasteiger partial charge in [-0.05, 0) is 17.2 Å². The van der Waals surface area contributed by atoms with E-state index in [1.165, 1.54) is 0 Å². The lowest BCUT2D eigenvalue weighted by atomic mass is 10.00. The SMILES string of the molecule is O=C(O)c1c(O)c(-c2ccc(-c3ccccc3)cc2)nc2ccccc12. The quantitative estimate of drug-likeness (QED) is 0.552. The second kappa shape index (κ2) is 6.33. The number of hydrogen-bond donors (Lipinski definition) is 2. The van der Waals surface area contributed by atoms with Gasteiger partial charge in [-0.15, -0.1) is 0 Å². The Hall–Kier alpha value is -3.66. The van der Waals surface area contributed by atoms with Crippen LogP contribution >= 0.6 is 0 Å². The van der Waals surface area contributed by atoms with Gasteiger partial charge in [0.2, 0.25) is 0 Å². The molecule has 0 aliphatic rings. The zero-order valence-corrected chi connectivity index (χ0v) is 13.8. The maximum Gasteiger partial charge on any atom is 0.340 e. The van der Waals surface area contributed by atoms with E-state index in [-0.39, 0.29) is 17.0 Å². The average molecular weight is 341 g/mol. The van der Waals surface area contributed by atoms with E-state index in [0.29, 0.717) is 16.5 Å². The van der Waals surface area contributed by atoms with Crippen molar-refractivity contribution in [2.75, 3.05) is 0 Å². The number of carbonyl (C=O) groups is 1. The van der Waals surface area contributed by atoms with Crippen LogP contribution in [-0.2, 0) is 0 Å². The number of aromatic carboxylic acids is 1. The van der Waals surface area contributed by atoms with Gasteiger partial charge in [0.1, 0.15) is 11.3 Å². The smallest absolute Gasteiger partial charge is 0.340 e. The van der Waals surface area contributed by atoms with Crippen molar-refractivity contribution in [3.8, 4) is 28.1 Å². The summed E-state index contributed by atoms with van der Waals surface area (Å²) in [7, 11) is 0. The highest BCUT2D eigenvalue weighted by molar-refractivity contribution is 6.07. The molecule has 0 radical (unpaired) electrons. The monoisotopic (exact) mass is 341 g/mol. The molecule has 1 heterocycles. The van der Waals surface area contributed by atoms with Gasteiger partial charge in [0.15, 0.2) is 5.75 Å². The van der Waals surface area contributed by atoms with E-state index < -0.39 is 5.97 Å². The van der Waals surface area contributed by atoms with E-state index in [9.17, 15) is 15.0 Å². The molecule has 0 amide bonds. The molecule has 4 aromatic rings. The summed E-state index contributed by atoms with van der Waals surface area (Å²) < 4.78 is 0. The lowest BCUT2D eigenvalue weighted by molar-refractivity contribution is 0.0696. The van der Waals surface area contributed by atoms with Crippen molar-refractivity contribution < 1.29 is 15.0 Å². The van der Waals surface area contributed by atoms with E-state index in [0.717, 1.165) is 11.1 Å². The Kier molecular flexibility index (Phi) is 3.86. The van der Waals surface area contributed by atoms with Gasteiger partial charge >= 0.3 is 5.97 Å². The van der Waals surface area contributed by atoms with Crippen LogP contribution < -0.4 is 0 Å². The van der Waals surface area contributed by atoms with Crippen molar-refractivity contribution in [1.29, 1.82) is 0 Å². The van der Waals surface area contributed by atoms with Gasteiger partial charge in [-0.3, -0.25) is 0 Å². The number of carboxylic acids is 1. The van der Waals surface area contributed by atoms with Gasteiger partial charge in [-0.25, -0.2) is 9.78 Å². The maximum absolute atomic E-state index is 11.7. The van der Waals surface area contributed by atoms with E-state index in [1.807, 2.05) is 54.6 Å². The maximum atomic E-state index is 11.7. The number of aromatic hydroxyl groups is 1. The number of carboxylic acid groups (broad SMARTS) is 1. The Labute approximate surface area is 150 Å². The number of fused-ring (bicyclic) bond motifs is 1. The molecule has 4 heteroatoms. The third-order valence-corrected chi connectivity index (χ3v) is 4.35. The van der Waals surface area contributed by atoms with Crippen LogP contribution in [0.3, 0.4) is 0 Å². The molecule has 126 valence electrons. The Bertz CT molecular complexity index is 1100. The molecule has 4 nitrogen and oxygen atoms in total. The van der Waals surface area contributed by atoms with E-state index in [1.54, 1.807) is 24.3 Å². The first-order valence-corrected chi connectivity index (χ1v) is 8.16. The molecule has 4 rings (SSSR count). The number of benzene rings is 3. The first-order chi connectivity index (χ1) is 12.6. The number of para-hydroxylation sites is 1. The third kappa shape index (κ3) is 2.67. The Balaban J connectivity index is 1.87. The second-order valence-corrected chi connectivity index (χ2v) is 5.95. The van der Waals surface area contributed by atoms with Gasteiger partial charge in [-0.1, -0.05) is 72.8 Å². The topological polar surface area (TPSA) is 70.4 Å². The summed E-state index contributed by atoms with van der Waals surface area (Å²) in [6, 6.07) is 24.4. The van der Waals surface area contributed by atoms with Crippen molar-refractivity contribution in [2.24, 2.45) is 0 Å². The first-order valence-electron chi connectivity index (χ1n) is 8.16. The van der Waals surface area contributed by atoms with Crippen LogP contribution in [0.15, 0.2) is 78.9 Å². The van der Waals surface area contributed by atoms with Gasteiger partial charge in [0.25, 0.3) is 0 Å². The Morgan fingerprint density at radius 3 is 2.00 bits per heavy atom. The fourth-order valence-corrected chi connectivity index (χ4v) is 3.07. The van der Waals surface area contributed by atoms with E-state index in [4.69, 9.17) is 0 Å². The number of pyridine rings is 1. The van der Waals surface area contributed by atoms with Crippen molar-refractivity contribution in [1.82, 2.24) is 4.98 Å². The zero-order chi connectivity index (χ0) is 18.1. The third-order valence-electron chi connectivity index (χ3n) is 4.35. The fourth-order valence-electron chi connectivity index (χ4n) is 3.07. The molecule has 0 aliphatic heterocycles. The molecular formula is C22H15NO3. The predicted octanol–water partition coefficient (Wildman–Crippen LogP) is 4.97. The highest BCUT2D eigenvalue weighted by Gasteiger charge is 2.20. The van der Waals surface area contributed by atoms with Crippen LogP contribution in [0.5, 0.6) is 5.75 Å². The van der Waals surface area contributed by atoms with Gasteiger partial charge in [0, 0.05) is 10.9 Å². The fraction of sp³-hybridized carbons (Fsp3) is 0. The normalized spacial score (nSPS) is 10.8. The number of hydrogen-bond acceptors (Lipinski definition) is 3. The summed E-state index contributed by atoms with van der Waals surface area (Å²) in [6.07, 6.45) is 0. The van der Waals surface area contributed by atoms with Crippen LogP contribution in [0.4, 0.5) is 0 Å². The van der Waals surface area contributed by atoms with Crippen LogP contribution in [0.2, 0.25) is 0 Å². The molecule has 2 N–H and O–H groups in total. The molecule has 0 atom stereocenters. The van der Waals surface area contributed by atoms with Gasteiger partial charge < -0.3 is 10.2 Å². The molecule has 0 spiro atoms. The van der Waals surface area contributed by atoms with E-state index in [2.05, 4.69) is 4.98 Å². The Morgan fingerprint density at radius 2 is 1.31 bits per heavy atom. The number of nitrogens with zero attached hydrogens (tertiary/aromatic N) is 1. The van der Waals surface area contributed by atoms with E-state index >= 15 is 0 Å². The summed E-state index contributed by atoms with van der Waals surface area (Å²) in [5, 5.41) is 20.5. The standard InChI is InChI=1S/C22H15NO3/c24-21-19(22(25)26)17-8-4-5-9-18(17)23-20(21)16-12-10-15(11-13-16)14-6-2-1-3-7-14/h1-13,24H,(H,25,26). The largest absolute Gasteiger partial charge is 0.505 e. The minimum atomic E-state index is -1.18. The van der Waals surface area contributed by atoms with Crippen LogP contribution in [-0.4, -0.2) is 21.2 Å². The molecule has 0 aliphatic carbocycles. The molecule has 3 aromatic carbocycles. The second-order valence-electron chi connectivity index (χ2n) is 5.95. The predicted molar refractivity (Wildman–Crippen MR) is 101 cm³/mol. The van der Waals surface area contributed by atoms with Crippen molar-refractivity contribution >= 4 is 16.9 Å². The average Bonchev–Trinajstić information content (AvgIpc) is 2.68. The minimum Gasteiger partial charge on any atom is -0.505 e. The molecule has 0 saturated heterocycles. The molecule has 26 heavy (non-hydrogen) atoms. The molecular weight excluding hydrogens is 326 g/mol. The lowest BCUT2D eigenvalue weighted by Gasteiger charge is -2.11. The van der Waals surface area contributed by atoms with Gasteiger partial charge in [-0.2, -0.15) is 0 Å².